The summed E-state index contributed by atoms with van der Waals surface area (Å²) >= 11 is 1.74. The molecule has 25 heavy (non-hydrogen) atoms. The Morgan fingerprint density at radius 2 is 2.12 bits per heavy atom. The van der Waals surface area contributed by atoms with Crippen LogP contribution in [-0.2, 0) is 12.8 Å². The van der Waals surface area contributed by atoms with Gasteiger partial charge in [-0.25, -0.2) is 9.97 Å². The van der Waals surface area contributed by atoms with Crippen molar-refractivity contribution in [2.24, 2.45) is 4.99 Å². The molecule has 0 saturated carbocycles. The van der Waals surface area contributed by atoms with E-state index in [9.17, 15) is 0 Å². The average Bonchev–Trinajstić information content (AvgIpc) is 3.20. The van der Waals surface area contributed by atoms with Crippen LogP contribution in [0.5, 0.6) is 0 Å². The van der Waals surface area contributed by atoms with E-state index >= 15 is 0 Å². The normalized spacial score (nSPS) is 11.8. The highest BCUT2D eigenvalue weighted by Crippen LogP contribution is 2.11. The number of hydrogen-bond donors (Lipinski definition) is 3. The summed E-state index contributed by atoms with van der Waals surface area (Å²) in [4.78, 5) is 18.2. The smallest absolute Gasteiger partial charge is 0.191 e. The number of aromatic nitrogens is 3. The van der Waals surface area contributed by atoms with Crippen molar-refractivity contribution in [2.75, 3.05) is 19.6 Å². The number of fused-ring (bicyclic) bond motifs is 1. The van der Waals surface area contributed by atoms with Gasteiger partial charge in [-0.3, -0.25) is 4.99 Å². The molecular weight excluding hydrogens is 332 g/mol. The summed E-state index contributed by atoms with van der Waals surface area (Å²) in [5, 5.41) is 7.78. The predicted molar refractivity (Wildman–Crippen MR) is 104 cm³/mol. The molecule has 0 bridgehead atoms. The van der Waals surface area contributed by atoms with Gasteiger partial charge >= 0.3 is 0 Å². The van der Waals surface area contributed by atoms with E-state index < -0.39 is 0 Å². The van der Waals surface area contributed by atoms with Crippen LogP contribution in [-0.4, -0.2) is 40.5 Å². The predicted octanol–water partition coefficient (Wildman–Crippen LogP) is 2.67. The Labute approximate surface area is 151 Å². The van der Waals surface area contributed by atoms with Crippen LogP contribution in [0.25, 0.3) is 11.0 Å². The summed E-state index contributed by atoms with van der Waals surface area (Å²) in [6.07, 6.45) is 3.62. The molecule has 3 N–H and O–H groups in total. The van der Waals surface area contributed by atoms with Crippen molar-refractivity contribution in [3.8, 4) is 0 Å². The van der Waals surface area contributed by atoms with Gasteiger partial charge in [0.25, 0.3) is 0 Å². The fraction of sp³-hybridized carbons (Fsp3) is 0.389. The zero-order valence-electron chi connectivity index (χ0n) is 14.7. The van der Waals surface area contributed by atoms with Gasteiger partial charge in [-0.15, -0.1) is 11.3 Å². The Morgan fingerprint density at radius 1 is 1.24 bits per heavy atom. The van der Waals surface area contributed by atoms with E-state index in [0.29, 0.717) is 0 Å². The molecule has 3 aromatic rings. The number of aryl methyl sites for hydroxylation is 1. The van der Waals surface area contributed by atoms with Crippen LogP contribution in [0.2, 0.25) is 0 Å². The third-order valence-electron chi connectivity index (χ3n) is 3.70. The molecule has 2 heterocycles. The maximum atomic E-state index is 4.62. The maximum Gasteiger partial charge on any atom is 0.191 e. The largest absolute Gasteiger partial charge is 0.357 e. The molecule has 0 radical (unpaired) electrons. The summed E-state index contributed by atoms with van der Waals surface area (Å²) in [5.41, 5.74) is 2.09. The van der Waals surface area contributed by atoms with Crippen molar-refractivity contribution < 1.29 is 0 Å². The number of thiazole rings is 1. The minimum atomic E-state index is 0.729. The van der Waals surface area contributed by atoms with Crippen molar-refractivity contribution >= 4 is 28.3 Å². The molecule has 6 nitrogen and oxygen atoms in total. The molecule has 0 unspecified atom stereocenters. The van der Waals surface area contributed by atoms with Crippen LogP contribution >= 0.6 is 11.3 Å². The quantitative estimate of drug-likeness (QED) is 0.449. The number of nitrogens with one attached hydrogen (secondary N) is 3. The third-order valence-corrected chi connectivity index (χ3v) is 4.67. The van der Waals surface area contributed by atoms with Crippen LogP contribution in [0.15, 0.2) is 35.5 Å². The second kappa shape index (κ2) is 8.62. The van der Waals surface area contributed by atoms with E-state index in [2.05, 4.69) is 44.4 Å². The first-order valence-corrected chi connectivity index (χ1v) is 9.43. The van der Waals surface area contributed by atoms with Crippen LogP contribution in [0.3, 0.4) is 0 Å². The van der Waals surface area contributed by atoms with E-state index in [1.165, 1.54) is 4.88 Å². The van der Waals surface area contributed by atoms with Crippen LogP contribution in [0.1, 0.15) is 22.6 Å². The first-order chi connectivity index (χ1) is 12.2. The van der Waals surface area contributed by atoms with E-state index in [0.717, 1.165) is 60.3 Å². The zero-order valence-corrected chi connectivity index (χ0v) is 15.5. The monoisotopic (exact) mass is 356 g/mol. The van der Waals surface area contributed by atoms with Crippen molar-refractivity contribution in [1.29, 1.82) is 0 Å². The van der Waals surface area contributed by atoms with Gasteiger partial charge in [0.2, 0.25) is 0 Å². The fourth-order valence-electron chi connectivity index (χ4n) is 2.55. The summed E-state index contributed by atoms with van der Waals surface area (Å²) in [7, 11) is 0. The standard InChI is InChI=1S/C18H24N6S/c1-3-19-18(21-11-9-17-22-12-13(2)25-17)20-10-8-16-23-14-6-4-5-7-15(14)24-16/h4-7,12H,3,8-11H2,1-2H3,(H,23,24)(H2,19,20,21). The second-order valence-electron chi connectivity index (χ2n) is 5.75. The Morgan fingerprint density at radius 3 is 2.88 bits per heavy atom. The minimum absolute atomic E-state index is 0.729. The topological polar surface area (TPSA) is 78.0 Å². The van der Waals surface area contributed by atoms with Crippen LogP contribution in [0.4, 0.5) is 0 Å². The molecule has 0 aliphatic carbocycles. The maximum absolute atomic E-state index is 4.62. The zero-order chi connectivity index (χ0) is 17.5. The number of aliphatic imine (C=N–C) groups is 1. The molecule has 132 valence electrons. The number of rotatable bonds is 7. The van der Waals surface area contributed by atoms with Gasteiger partial charge in [0.15, 0.2) is 5.96 Å². The highest BCUT2D eigenvalue weighted by Gasteiger charge is 2.03. The van der Waals surface area contributed by atoms with Gasteiger partial charge in [-0.2, -0.15) is 0 Å². The lowest BCUT2D eigenvalue weighted by molar-refractivity contribution is 0.778. The van der Waals surface area contributed by atoms with E-state index in [4.69, 9.17) is 0 Å². The fourth-order valence-corrected chi connectivity index (χ4v) is 3.32. The minimum Gasteiger partial charge on any atom is -0.357 e. The van der Waals surface area contributed by atoms with Gasteiger partial charge in [0.05, 0.1) is 16.0 Å². The Kier molecular flexibility index (Phi) is 6.00. The third kappa shape index (κ3) is 5.03. The lowest BCUT2D eigenvalue weighted by Crippen LogP contribution is -2.38. The molecule has 0 aliphatic heterocycles. The molecule has 0 amide bonds. The van der Waals surface area contributed by atoms with Crippen molar-refractivity contribution in [1.82, 2.24) is 25.6 Å². The summed E-state index contributed by atoms with van der Waals surface area (Å²) in [6.45, 7) is 6.50. The number of H-pyrrole nitrogens is 1. The molecule has 0 saturated heterocycles. The van der Waals surface area contributed by atoms with Crippen LogP contribution in [0, 0.1) is 6.92 Å². The summed E-state index contributed by atoms with van der Waals surface area (Å²) < 4.78 is 0. The van der Waals surface area contributed by atoms with E-state index in [1.807, 2.05) is 30.5 Å². The Hall–Kier alpha value is -2.41. The Bertz CT molecular complexity index is 802. The van der Waals surface area contributed by atoms with Crippen molar-refractivity contribution in [3.05, 3.63) is 46.2 Å². The lowest BCUT2D eigenvalue weighted by Gasteiger charge is -2.10. The second-order valence-corrected chi connectivity index (χ2v) is 7.07. The molecule has 0 fully saturated rings. The number of guanidine groups is 1. The van der Waals surface area contributed by atoms with E-state index in [-0.39, 0.29) is 0 Å². The van der Waals surface area contributed by atoms with Gasteiger partial charge in [0.1, 0.15) is 5.82 Å². The molecular formula is C18H24N6S. The van der Waals surface area contributed by atoms with Gasteiger partial charge in [0, 0.05) is 43.5 Å². The first kappa shape index (κ1) is 17.4. The Balaban J connectivity index is 1.49. The number of hydrogen-bond acceptors (Lipinski definition) is 4. The summed E-state index contributed by atoms with van der Waals surface area (Å²) in [6, 6.07) is 8.09. The summed E-state index contributed by atoms with van der Waals surface area (Å²) in [5.74, 6) is 1.83. The number of aromatic amines is 1. The van der Waals surface area contributed by atoms with Crippen LogP contribution < -0.4 is 10.6 Å². The van der Waals surface area contributed by atoms with Gasteiger partial charge in [-0.05, 0) is 26.0 Å². The molecule has 1 aromatic carbocycles. The number of para-hydroxylation sites is 2. The molecule has 3 rings (SSSR count). The highest BCUT2D eigenvalue weighted by molar-refractivity contribution is 7.11. The highest BCUT2D eigenvalue weighted by atomic mass is 32.1. The lowest BCUT2D eigenvalue weighted by atomic mass is 10.3. The molecule has 0 atom stereocenters. The molecule has 0 spiro atoms. The number of imidazole rings is 1. The molecule has 0 aliphatic rings. The molecule has 2 aromatic heterocycles. The van der Waals surface area contributed by atoms with E-state index in [1.54, 1.807) is 11.3 Å². The number of benzene rings is 1. The average molecular weight is 356 g/mol. The first-order valence-electron chi connectivity index (χ1n) is 8.61. The molecule has 7 heteroatoms. The van der Waals surface area contributed by atoms with Gasteiger partial charge in [-0.1, -0.05) is 12.1 Å². The van der Waals surface area contributed by atoms with Gasteiger partial charge < -0.3 is 15.6 Å². The van der Waals surface area contributed by atoms with Crippen molar-refractivity contribution in [2.45, 2.75) is 26.7 Å². The SMILES string of the molecule is CCNC(=NCCc1ncc(C)s1)NCCc1nc2ccccc2[nH]1. The number of nitrogens with zero attached hydrogens (tertiary/aromatic N) is 3. The van der Waals surface area contributed by atoms with Crippen molar-refractivity contribution in [3.63, 3.8) is 0 Å².